The minimum atomic E-state index is -0.115. The molecule has 7 heteroatoms. The van der Waals surface area contributed by atoms with Crippen molar-refractivity contribution in [1.82, 2.24) is 9.80 Å². The van der Waals surface area contributed by atoms with Crippen molar-refractivity contribution in [3.05, 3.63) is 52.2 Å². The summed E-state index contributed by atoms with van der Waals surface area (Å²) in [6.45, 7) is 6.94. The molecule has 2 atom stereocenters. The average molecular weight is 419 g/mol. The molecule has 0 aliphatic carbocycles. The molecule has 3 rings (SSSR count). The summed E-state index contributed by atoms with van der Waals surface area (Å²) in [5.41, 5.74) is 0.994. The average Bonchev–Trinajstić information content (AvgIpc) is 3.31. The zero-order valence-corrected chi connectivity index (χ0v) is 18.3. The van der Waals surface area contributed by atoms with Crippen molar-refractivity contribution >= 4 is 34.9 Å². The third kappa shape index (κ3) is 4.20. The molecule has 0 N–H and O–H groups in total. The Morgan fingerprint density at radius 1 is 1.25 bits per heavy atom. The van der Waals surface area contributed by atoms with Crippen molar-refractivity contribution in [3.63, 3.8) is 0 Å². The van der Waals surface area contributed by atoms with E-state index in [1.165, 1.54) is 11.3 Å². The number of thioether (sulfide) groups is 1. The maximum absolute atomic E-state index is 12.9. The lowest BCUT2D eigenvalue weighted by atomic mass is 10.1. The van der Waals surface area contributed by atoms with Crippen LogP contribution in [0.25, 0.3) is 0 Å². The molecule has 1 aromatic heterocycles. The van der Waals surface area contributed by atoms with Crippen molar-refractivity contribution in [3.8, 4) is 5.75 Å². The van der Waals surface area contributed by atoms with Gasteiger partial charge >= 0.3 is 0 Å². The minimum Gasteiger partial charge on any atom is -0.496 e. The number of rotatable bonds is 7. The summed E-state index contributed by atoms with van der Waals surface area (Å²) < 4.78 is 5.51. The standard InChI is InChI=1S/C21H26N2O3S2/c1-14(2)22(20(25)18-10-7-13-27-18)11-12-23-19(24)15(3)28-21(23)16-8-5-6-9-17(16)26-4/h5-10,13-15,21H,11-12H2,1-4H3/t15-,21-/m1/s1. The van der Waals surface area contributed by atoms with Crippen LogP contribution in [0.3, 0.4) is 0 Å². The van der Waals surface area contributed by atoms with Crippen LogP contribution in [-0.4, -0.2) is 53.1 Å². The predicted octanol–water partition coefficient (Wildman–Crippen LogP) is 4.27. The van der Waals surface area contributed by atoms with Gasteiger partial charge in [0.05, 0.1) is 17.2 Å². The number of para-hydroxylation sites is 1. The van der Waals surface area contributed by atoms with Gasteiger partial charge in [-0.1, -0.05) is 24.3 Å². The van der Waals surface area contributed by atoms with Gasteiger partial charge in [-0.2, -0.15) is 0 Å². The van der Waals surface area contributed by atoms with Crippen molar-refractivity contribution in [2.75, 3.05) is 20.2 Å². The summed E-state index contributed by atoms with van der Waals surface area (Å²) in [5.74, 6) is 0.904. The Hall–Kier alpha value is -1.99. The van der Waals surface area contributed by atoms with E-state index in [1.54, 1.807) is 18.9 Å². The highest BCUT2D eigenvalue weighted by atomic mass is 32.2. The van der Waals surface area contributed by atoms with Crippen molar-refractivity contribution in [2.24, 2.45) is 0 Å². The number of thiophene rings is 1. The number of carbonyl (C=O) groups excluding carboxylic acids is 2. The molecule has 28 heavy (non-hydrogen) atoms. The number of benzene rings is 1. The number of nitrogens with zero attached hydrogens (tertiary/aromatic N) is 2. The fourth-order valence-electron chi connectivity index (χ4n) is 3.36. The van der Waals surface area contributed by atoms with Crippen LogP contribution in [0.5, 0.6) is 5.75 Å². The molecule has 0 radical (unpaired) electrons. The second-order valence-corrected chi connectivity index (χ2v) is 9.35. The maximum Gasteiger partial charge on any atom is 0.264 e. The number of hydrogen-bond donors (Lipinski definition) is 0. The van der Waals surface area contributed by atoms with Crippen molar-refractivity contribution < 1.29 is 14.3 Å². The molecular weight excluding hydrogens is 392 g/mol. The van der Waals surface area contributed by atoms with Gasteiger partial charge in [-0.25, -0.2) is 0 Å². The number of methoxy groups -OCH3 is 1. The van der Waals surface area contributed by atoms with E-state index >= 15 is 0 Å². The van der Waals surface area contributed by atoms with E-state index in [0.29, 0.717) is 13.1 Å². The van der Waals surface area contributed by atoms with Crippen LogP contribution in [0.2, 0.25) is 0 Å². The van der Waals surface area contributed by atoms with Gasteiger partial charge in [0.2, 0.25) is 5.91 Å². The summed E-state index contributed by atoms with van der Waals surface area (Å²) in [4.78, 5) is 30.1. The third-order valence-electron chi connectivity index (χ3n) is 4.85. The second-order valence-electron chi connectivity index (χ2n) is 6.97. The van der Waals surface area contributed by atoms with Crippen molar-refractivity contribution in [2.45, 2.75) is 37.4 Å². The van der Waals surface area contributed by atoms with Crippen LogP contribution < -0.4 is 4.74 Å². The summed E-state index contributed by atoms with van der Waals surface area (Å²) in [6.07, 6.45) is 0. The van der Waals surface area contributed by atoms with Crippen LogP contribution in [0.4, 0.5) is 0 Å². The highest BCUT2D eigenvalue weighted by Crippen LogP contribution is 2.45. The van der Waals surface area contributed by atoms with E-state index in [1.807, 2.05) is 72.3 Å². The van der Waals surface area contributed by atoms with E-state index in [2.05, 4.69) is 0 Å². The lowest BCUT2D eigenvalue weighted by Gasteiger charge is -2.31. The maximum atomic E-state index is 12.9. The zero-order chi connectivity index (χ0) is 20.3. The topological polar surface area (TPSA) is 49.9 Å². The van der Waals surface area contributed by atoms with Crippen LogP contribution in [0.1, 0.15) is 41.4 Å². The molecule has 0 unspecified atom stereocenters. The van der Waals surface area contributed by atoms with Crippen LogP contribution in [-0.2, 0) is 4.79 Å². The van der Waals surface area contributed by atoms with Crippen LogP contribution in [0, 0.1) is 0 Å². The summed E-state index contributed by atoms with van der Waals surface area (Å²) in [7, 11) is 1.65. The van der Waals surface area contributed by atoms with Gasteiger partial charge in [0.15, 0.2) is 0 Å². The lowest BCUT2D eigenvalue weighted by Crippen LogP contribution is -2.43. The van der Waals surface area contributed by atoms with Gasteiger partial charge in [-0.3, -0.25) is 9.59 Å². The molecule has 1 aliphatic heterocycles. The predicted molar refractivity (Wildman–Crippen MR) is 115 cm³/mol. The number of hydrogen-bond acceptors (Lipinski definition) is 5. The molecule has 0 spiro atoms. The third-order valence-corrected chi connectivity index (χ3v) is 7.08. The highest BCUT2D eigenvalue weighted by molar-refractivity contribution is 8.01. The Morgan fingerprint density at radius 3 is 2.64 bits per heavy atom. The first-order valence-corrected chi connectivity index (χ1v) is 11.2. The Balaban J connectivity index is 1.79. The lowest BCUT2D eigenvalue weighted by molar-refractivity contribution is -0.130. The number of carbonyl (C=O) groups is 2. The van der Waals surface area contributed by atoms with Crippen LogP contribution >= 0.6 is 23.1 Å². The SMILES string of the molecule is COc1ccccc1[C@H]1S[C@H](C)C(=O)N1CCN(C(=O)c1cccs1)C(C)C. The van der Waals surface area contributed by atoms with E-state index in [-0.39, 0.29) is 28.5 Å². The Bertz CT molecular complexity index is 823. The van der Waals surface area contributed by atoms with Crippen molar-refractivity contribution in [1.29, 1.82) is 0 Å². The van der Waals surface area contributed by atoms with Gasteiger partial charge < -0.3 is 14.5 Å². The molecule has 150 valence electrons. The first-order chi connectivity index (χ1) is 13.4. The van der Waals surface area contributed by atoms with E-state index in [4.69, 9.17) is 4.74 Å². The van der Waals surface area contributed by atoms with E-state index in [0.717, 1.165) is 16.2 Å². The van der Waals surface area contributed by atoms with Crippen LogP contribution in [0.15, 0.2) is 41.8 Å². The molecule has 2 amide bonds. The highest BCUT2D eigenvalue weighted by Gasteiger charge is 2.39. The van der Waals surface area contributed by atoms with E-state index in [9.17, 15) is 9.59 Å². The normalized spacial score (nSPS) is 19.3. The number of amides is 2. The zero-order valence-electron chi connectivity index (χ0n) is 16.6. The molecule has 1 aromatic carbocycles. The molecule has 5 nitrogen and oxygen atoms in total. The first-order valence-electron chi connectivity index (χ1n) is 9.37. The summed E-state index contributed by atoms with van der Waals surface area (Å²) >= 11 is 3.07. The summed E-state index contributed by atoms with van der Waals surface area (Å²) in [6, 6.07) is 11.6. The monoisotopic (exact) mass is 418 g/mol. The molecule has 1 fully saturated rings. The first kappa shape index (κ1) is 20.7. The molecule has 0 saturated carbocycles. The van der Waals surface area contributed by atoms with Gasteiger partial charge in [0, 0.05) is 24.7 Å². The largest absolute Gasteiger partial charge is 0.496 e. The fourth-order valence-corrected chi connectivity index (χ4v) is 5.38. The molecule has 1 aliphatic rings. The fraction of sp³-hybridized carbons (Fsp3) is 0.429. The van der Waals surface area contributed by atoms with Gasteiger partial charge in [-0.15, -0.1) is 23.1 Å². The molecular formula is C21H26N2O3S2. The molecule has 2 heterocycles. The summed E-state index contributed by atoms with van der Waals surface area (Å²) in [5, 5.41) is 1.69. The Kier molecular flexibility index (Phi) is 6.67. The molecule has 2 aromatic rings. The van der Waals surface area contributed by atoms with Gasteiger partial charge in [0.25, 0.3) is 5.91 Å². The smallest absolute Gasteiger partial charge is 0.264 e. The second kappa shape index (κ2) is 9.01. The van der Waals surface area contributed by atoms with E-state index < -0.39 is 0 Å². The minimum absolute atomic E-state index is 0.0196. The van der Waals surface area contributed by atoms with Gasteiger partial charge in [0.1, 0.15) is 11.1 Å². The molecule has 0 bridgehead atoms. The van der Waals surface area contributed by atoms with Gasteiger partial charge in [-0.05, 0) is 38.3 Å². The quantitative estimate of drug-likeness (QED) is 0.674. The Labute approximate surface area is 174 Å². The Morgan fingerprint density at radius 2 is 2.00 bits per heavy atom. The molecule has 1 saturated heterocycles. The number of ether oxygens (including phenoxy) is 1.